The fourth-order valence-electron chi connectivity index (χ4n) is 1.60. The van der Waals surface area contributed by atoms with Gasteiger partial charge in [-0.1, -0.05) is 0 Å². The molecule has 0 aliphatic carbocycles. The molecule has 0 unspecified atom stereocenters. The van der Waals surface area contributed by atoms with Gasteiger partial charge in [-0.15, -0.1) is 0 Å². The molecule has 0 aliphatic rings. The summed E-state index contributed by atoms with van der Waals surface area (Å²) >= 11 is 0. The zero-order valence-corrected chi connectivity index (χ0v) is 10.6. The molecule has 17 heavy (non-hydrogen) atoms. The van der Waals surface area contributed by atoms with E-state index in [-0.39, 0.29) is 11.9 Å². The summed E-state index contributed by atoms with van der Waals surface area (Å²) in [6.45, 7) is 4.62. The van der Waals surface area contributed by atoms with Gasteiger partial charge in [-0.3, -0.25) is 9.78 Å². The standard InChI is InChI=1S/C12H20N4O/c1-9(2)15-12(17)8-16(3)11-7-14-5-4-10(11)6-13/h4-5,7,9H,6,8,13H2,1-3H3,(H,15,17). The monoisotopic (exact) mass is 236 g/mol. The molecule has 0 aromatic carbocycles. The highest BCUT2D eigenvalue weighted by molar-refractivity contribution is 5.81. The van der Waals surface area contributed by atoms with Crippen LogP contribution >= 0.6 is 0 Å². The van der Waals surface area contributed by atoms with E-state index in [1.54, 1.807) is 12.4 Å². The summed E-state index contributed by atoms with van der Waals surface area (Å²) in [5.41, 5.74) is 7.53. The number of amides is 1. The quantitative estimate of drug-likeness (QED) is 0.781. The maximum absolute atomic E-state index is 11.6. The number of hydrogen-bond acceptors (Lipinski definition) is 4. The lowest BCUT2D eigenvalue weighted by atomic mass is 10.2. The van der Waals surface area contributed by atoms with Crippen molar-refractivity contribution in [1.82, 2.24) is 10.3 Å². The molecule has 0 fully saturated rings. The maximum Gasteiger partial charge on any atom is 0.239 e. The first-order valence-electron chi connectivity index (χ1n) is 5.68. The molecule has 0 saturated carbocycles. The van der Waals surface area contributed by atoms with Crippen molar-refractivity contribution < 1.29 is 4.79 Å². The molecule has 1 amide bonds. The van der Waals surface area contributed by atoms with Gasteiger partial charge in [0, 0.05) is 25.8 Å². The Morgan fingerprint density at radius 1 is 1.59 bits per heavy atom. The van der Waals surface area contributed by atoms with Gasteiger partial charge >= 0.3 is 0 Å². The number of likely N-dealkylation sites (N-methyl/N-ethyl adjacent to an activating group) is 1. The van der Waals surface area contributed by atoms with Gasteiger partial charge in [0.1, 0.15) is 0 Å². The second kappa shape index (κ2) is 6.20. The number of aromatic nitrogens is 1. The molecule has 0 spiro atoms. The summed E-state index contributed by atoms with van der Waals surface area (Å²) in [7, 11) is 1.86. The number of nitrogens with zero attached hydrogens (tertiary/aromatic N) is 2. The molecule has 5 nitrogen and oxygen atoms in total. The lowest BCUT2D eigenvalue weighted by Gasteiger charge is -2.21. The van der Waals surface area contributed by atoms with Crippen LogP contribution in [0.15, 0.2) is 18.5 Å². The second-order valence-corrected chi connectivity index (χ2v) is 4.29. The minimum absolute atomic E-state index is 0.00526. The van der Waals surface area contributed by atoms with E-state index >= 15 is 0 Å². The number of anilines is 1. The minimum atomic E-state index is -0.00526. The van der Waals surface area contributed by atoms with Crippen LogP contribution in [-0.2, 0) is 11.3 Å². The Kier molecular flexibility index (Phi) is 4.90. The molecule has 0 atom stereocenters. The number of carbonyl (C=O) groups excluding carboxylic acids is 1. The van der Waals surface area contributed by atoms with Crippen LogP contribution in [0.5, 0.6) is 0 Å². The van der Waals surface area contributed by atoms with Crippen molar-refractivity contribution in [1.29, 1.82) is 0 Å². The summed E-state index contributed by atoms with van der Waals surface area (Å²) in [5.74, 6) is -0.00526. The number of hydrogen-bond donors (Lipinski definition) is 2. The Hall–Kier alpha value is -1.62. The third-order valence-electron chi connectivity index (χ3n) is 2.35. The van der Waals surface area contributed by atoms with Crippen LogP contribution in [0.25, 0.3) is 0 Å². The average Bonchev–Trinajstić information content (AvgIpc) is 2.27. The molecule has 1 heterocycles. The number of pyridine rings is 1. The highest BCUT2D eigenvalue weighted by Gasteiger charge is 2.11. The van der Waals surface area contributed by atoms with E-state index in [1.807, 2.05) is 31.9 Å². The van der Waals surface area contributed by atoms with Crippen molar-refractivity contribution in [2.75, 3.05) is 18.5 Å². The van der Waals surface area contributed by atoms with Crippen molar-refractivity contribution in [3.8, 4) is 0 Å². The SMILES string of the molecule is CC(C)NC(=O)CN(C)c1cnccc1CN. The van der Waals surface area contributed by atoms with Gasteiger partial charge in [0.05, 0.1) is 18.4 Å². The average molecular weight is 236 g/mol. The number of nitrogens with two attached hydrogens (primary N) is 1. The second-order valence-electron chi connectivity index (χ2n) is 4.29. The van der Waals surface area contributed by atoms with Crippen LogP contribution in [0.1, 0.15) is 19.4 Å². The fourth-order valence-corrected chi connectivity index (χ4v) is 1.60. The summed E-state index contributed by atoms with van der Waals surface area (Å²) in [6.07, 6.45) is 3.43. The number of rotatable bonds is 5. The lowest BCUT2D eigenvalue weighted by Crippen LogP contribution is -2.39. The Bertz CT molecular complexity index is 379. The molecule has 0 aliphatic heterocycles. The molecule has 5 heteroatoms. The van der Waals surface area contributed by atoms with Crippen LogP contribution < -0.4 is 16.0 Å². The van der Waals surface area contributed by atoms with Crippen LogP contribution in [0.2, 0.25) is 0 Å². The lowest BCUT2D eigenvalue weighted by molar-refractivity contribution is -0.120. The molecule has 0 bridgehead atoms. The number of nitrogens with one attached hydrogen (secondary N) is 1. The largest absolute Gasteiger partial charge is 0.364 e. The molecule has 3 N–H and O–H groups in total. The molecular weight excluding hydrogens is 216 g/mol. The van der Waals surface area contributed by atoms with E-state index in [0.29, 0.717) is 13.1 Å². The van der Waals surface area contributed by atoms with Crippen LogP contribution in [-0.4, -0.2) is 30.5 Å². The predicted octanol–water partition coefficient (Wildman–Crippen LogP) is 0.501. The third-order valence-corrected chi connectivity index (χ3v) is 2.35. The first-order chi connectivity index (χ1) is 8.04. The van der Waals surface area contributed by atoms with Crippen LogP contribution in [0.4, 0.5) is 5.69 Å². The van der Waals surface area contributed by atoms with Gasteiger partial charge < -0.3 is 16.0 Å². The van der Waals surface area contributed by atoms with Crippen molar-refractivity contribution in [3.63, 3.8) is 0 Å². The number of carbonyl (C=O) groups is 1. The van der Waals surface area contributed by atoms with Crippen molar-refractivity contribution >= 4 is 11.6 Å². The van der Waals surface area contributed by atoms with Crippen LogP contribution in [0, 0.1) is 0 Å². The summed E-state index contributed by atoms with van der Waals surface area (Å²) in [4.78, 5) is 17.5. The highest BCUT2D eigenvalue weighted by atomic mass is 16.2. The van der Waals surface area contributed by atoms with E-state index in [0.717, 1.165) is 11.3 Å². The van der Waals surface area contributed by atoms with E-state index in [9.17, 15) is 4.79 Å². The van der Waals surface area contributed by atoms with Crippen molar-refractivity contribution in [2.45, 2.75) is 26.4 Å². The maximum atomic E-state index is 11.6. The third kappa shape index (κ3) is 4.03. The normalized spacial score (nSPS) is 10.4. The Balaban J connectivity index is 2.69. The highest BCUT2D eigenvalue weighted by Crippen LogP contribution is 2.16. The molecule has 1 aromatic rings. The summed E-state index contributed by atoms with van der Waals surface area (Å²) in [5, 5.41) is 2.85. The van der Waals surface area contributed by atoms with Crippen molar-refractivity contribution in [2.24, 2.45) is 5.73 Å². The molecule has 0 radical (unpaired) electrons. The molecule has 94 valence electrons. The van der Waals surface area contributed by atoms with Gasteiger partial charge in [0.2, 0.25) is 5.91 Å². The van der Waals surface area contributed by atoms with Gasteiger partial charge in [-0.25, -0.2) is 0 Å². The zero-order valence-electron chi connectivity index (χ0n) is 10.6. The summed E-state index contributed by atoms with van der Waals surface area (Å²) in [6, 6.07) is 2.02. The van der Waals surface area contributed by atoms with E-state index in [2.05, 4.69) is 10.3 Å². The van der Waals surface area contributed by atoms with Gasteiger partial charge in [0.25, 0.3) is 0 Å². The smallest absolute Gasteiger partial charge is 0.239 e. The Morgan fingerprint density at radius 2 is 2.29 bits per heavy atom. The first-order valence-corrected chi connectivity index (χ1v) is 5.68. The molecule has 0 saturated heterocycles. The Labute approximate surface area is 102 Å². The first kappa shape index (κ1) is 13.4. The Morgan fingerprint density at radius 3 is 2.88 bits per heavy atom. The van der Waals surface area contributed by atoms with E-state index in [1.165, 1.54) is 0 Å². The minimum Gasteiger partial charge on any atom is -0.364 e. The molecule has 1 aromatic heterocycles. The van der Waals surface area contributed by atoms with Gasteiger partial charge in [-0.05, 0) is 25.5 Å². The fraction of sp³-hybridized carbons (Fsp3) is 0.500. The molecular formula is C12H20N4O. The van der Waals surface area contributed by atoms with Gasteiger partial charge in [0.15, 0.2) is 0 Å². The molecule has 1 rings (SSSR count). The topological polar surface area (TPSA) is 71.2 Å². The van der Waals surface area contributed by atoms with Crippen LogP contribution in [0.3, 0.4) is 0 Å². The predicted molar refractivity (Wildman–Crippen MR) is 68.7 cm³/mol. The zero-order chi connectivity index (χ0) is 12.8. The van der Waals surface area contributed by atoms with Gasteiger partial charge in [-0.2, -0.15) is 0 Å². The summed E-state index contributed by atoms with van der Waals surface area (Å²) < 4.78 is 0. The van der Waals surface area contributed by atoms with Crippen molar-refractivity contribution in [3.05, 3.63) is 24.0 Å². The van der Waals surface area contributed by atoms with E-state index in [4.69, 9.17) is 5.73 Å². The van der Waals surface area contributed by atoms with E-state index < -0.39 is 0 Å².